The molecule has 1 aliphatic carbocycles. The lowest BCUT2D eigenvalue weighted by molar-refractivity contribution is -0.133. The van der Waals surface area contributed by atoms with Gasteiger partial charge in [0.25, 0.3) is 0 Å². The summed E-state index contributed by atoms with van der Waals surface area (Å²) in [7, 11) is 0. The summed E-state index contributed by atoms with van der Waals surface area (Å²) >= 11 is 0. The van der Waals surface area contributed by atoms with Crippen molar-refractivity contribution in [3.05, 3.63) is 0 Å². The molecule has 0 radical (unpaired) electrons. The van der Waals surface area contributed by atoms with Crippen molar-refractivity contribution in [2.45, 2.75) is 60.2 Å². The highest BCUT2D eigenvalue weighted by molar-refractivity contribution is 6.01. The third-order valence-corrected chi connectivity index (χ3v) is 2.55. The zero-order chi connectivity index (χ0) is 14.2. The van der Waals surface area contributed by atoms with Gasteiger partial charge in [-0.25, -0.2) is 0 Å². The lowest BCUT2D eigenvalue weighted by Crippen LogP contribution is -2.28. The van der Waals surface area contributed by atoms with Crippen LogP contribution in [0.4, 0.5) is 0 Å². The van der Waals surface area contributed by atoms with Gasteiger partial charge in [-0.1, -0.05) is 13.8 Å². The highest BCUT2D eigenvalue weighted by Gasteiger charge is 2.31. The molecule has 18 heavy (non-hydrogen) atoms. The van der Waals surface area contributed by atoms with Gasteiger partial charge in [0.15, 0.2) is 6.29 Å². The minimum atomic E-state index is -0.0770. The number of carbonyl (C=O) groups excluding carboxylic acids is 2. The molecule has 0 heterocycles. The minimum Gasteiger partial charge on any atom is -0.353 e. The Morgan fingerprint density at radius 1 is 1.06 bits per heavy atom. The van der Waals surface area contributed by atoms with E-state index in [0.29, 0.717) is 12.8 Å². The number of hydrogen-bond acceptors (Lipinski definition) is 4. The van der Waals surface area contributed by atoms with E-state index in [1.165, 1.54) is 0 Å². The van der Waals surface area contributed by atoms with Crippen molar-refractivity contribution in [1.82, 2.24) is 0 Å². The molecule has 0 spiro atoms. The van der Waals surface area contributed by atoms with E-state index < -0.39 is 0 Å². The van der Waals surface area contributed by atoms with Gasteiger partial charge in [-0.05, 0) is 26.2 Å². The van der Waals surface area contributed by atoms with Crippen LogP contribution in [0.15, 0.2) is 0 Å². The van der Waals surface area contributed by atoms with E-state index in [9.17, 15) is 9.59 Å². The number of rotatable bonds is 4. The minimum absolute atomic E-state index is 0.0370. The average molecular weight is 258 g/mol. The van der Waals surface area contributed by atoms with Crippen LogP contribution in [0.1, 0.15) is 53.9 Å². The molecule has 1 rings (SSSR count). The predicted octanol–water partition coefficient (Wildman–Crippen LogP) is 2.74. The quantitative estimate of drug-likeness (QED) is 0.574. The van der Waals surface area contributed by atoms with Crippen molar-refractivity contribution in [2.24, 2.45) is 5.41 Å². The first-order valence-electron chi connectivity index (χ1n) is 6.57. The summed E-state index contributed by atoms with van der Waals surface area (Å²) in [6.45, 7) is 11.2. The third-order valence-electron chi connectivity index (χ3n) is 2.55. The SMILES string of the molecule is CC1(C)CC(=O)CC(=O)C1.CCOC(C)OCC. The van der Waals surface area contributed by atoms with Gasteiger partial charge in [-0.3, -0.25) is 9.59 Å². The summed E-state index contributed by atoms with van der Waals surface area (Å²) in [5.41, 5.74) is -0.0770. The molecule has 0 aromatic carbocycles. The van der Waals surface area contributed by atoms with E-state index in [0.717, 1.165) is 13.2 Å². The summed E-state index contributed by atoms with van der Waals surface area (Å²) in [4.78, 5) is 21.7. The van der Waals surface area contributed by atoms with Crippen molar-refractivity contribution < 1.29 is 19.1 Å². The second-order valence-electron chi connectivity index (χ2n) is 5.25. The molecule has 0 aromatic rings. The van der Waals surface area contributed by atoms with Crippen LogP contribution in [0.25, 0.3) is 0 Å². The zero-order valence-corrected chi connectivity index (χ0v) is 12.2. The maximum atomic E-state index is 10.9. The fraction of sp³-hybridized carbons (Fsp3) is 0.857. The molecule has 4 nitrogen and oxygen atoms in total. The van der Waals surface area contributed by atoms with Gasteiger partial charge in [0.05, 0.1) is 6.42 Å². The molecule has 106 valence electrons. The summed E-state index contributed by atoms with van der Waals surface area (Å²) < 4.78 is 10.1. The Morgan fingerprint density at radius 3 is 1.72 bits per heavy atom. The van der Waals surface area contributed by atoms with E-state index in [2.05, 4.69) is 0 Å². The smallest absolute Gasteiger partial charge is 0.154 e. The Kier molecular flexibility index (Phi) is 8.03. The van der Waals surface area contributed by atoms with Gasteiger partial charge >= 0.3 is 0 Å². The Balaban J connectivity index is 0.000000331. The monoisotopic (exact) mass is 258 g/mol. The number of hydrogen-bond donors (Lipinski definition) is 0. The Hall–Kier alpha value is -0.740. The van der Waals surface area contributed by atoms with Crippen LogP contribution in [0, 0.1) is 5.41 Å². The van der Waals surface area contributed by atoms with E-state index in [1.54, 1.807) is 0 Å². The van der Waals surface area contributed by atoms with E-state index in [-0.39, 0.29) is 29.7 Å². The molecule has 0 aliphatic heterocycles. The van der Waals surface area contributed by atoms with E-state index >= 15 is 0 Å². The molecule has 1 aliphatic rings. The van der Waals surface area contributed by atoms with Crippen molar-refractivity contribution in [2.75, 3.05) is 13.2 Å². The van der Waals surface area contributed by atoms with E-state index in [4.69, 9.17) is 9.47 Å². The van der Waals surface area contributed by atoms with Gasteiger partial charge in [0.1, 0.15) is 11.6 Å². The van der Waals surface area contributed by atoms with Crippen molar-refractivity contribution >= 4 is 11.6 Å². The standard InChI is InChI=1S/C8H12O2.C6H14O2/c1-8(2)4-6(9)3-7(10)5-8;1-4-7-6(3)8-5-2/h3-5H2,1-2H3;6H,4-5H2,1-3H3. The Bertz CT molecular complexity index is 247. The highest BCUT2D eigenvalue weighted by atomic mass is 16.7. The normalized spacial score (nSPS) is 18.6. The third kappa shape index (κ3) is 8.37. The molecule has 0 bridgehead atoms. The first-order valence-corrected chi connectivity index (χ1v) is 6.57. The van der Waals surface area contributed by atoms with Crippen molar-refractivity contribution in [1.29, 1.82) is 0 Å². The van der Waals surface area contributed by atoms with Gasteiger partial charge < -0.3 is 9.47 Å². The second kappa shape index (κ2) is 8.38. The maximum Gasteiger partial charge on any atom is 0.154 e. The molecule has 0 atom stereocenters. The topological polar surface area (TPSA) is 52.6 Å². The van der Waals surface area contributed by atoms with Crippen LogP contribution >= 0.6 is 0 Å². The van der Waals surface area contributed by atoms with Gasteiger partial charge in [-0.2, -0.15) is 0 Å². The largest absolute Gasteiger partial charge is 0.353 e. The summed E-state index contributed by atoms with van der Waals surface area (Å²) in [5.74, 6) is 0.197. The van der Waals surface area contributed by atoms with Crippen LogP contribution in [0.5, 0.6) is 0 Å². The lowest BCUT2D eigenvalue weighted by Gasteiger charge is -2.26. The number of ether oxygens (including phenoxy) is 2. The Labute approximate surface area is 110 Å². The molecule has 0 saturated heterocycles. The molecular weight excluding hydrogens is 232 g/mol. The van der Waals surface area contributed by atoms with Gasteiger partial charge in [0, 0.05) is 26.1 Å². The van der Waals surface area contributed by atoms with Crippen LogP contribution in [0.3, 0.4) is 0 Å². The van der Waals surface area contributed by atoms with Crippen LogP contribution < -0.4 is 0 Å². The van der Waals surface area contributed by atoms with Crippen molar-refractivity contribution in [3.63, 3.8) is 0 Å². The Morgan fingerprint density at radius 2 is 1.44 bits per heavy atom. The van der Waals surface area contributed by atoms with Gasteiger partial charge in [-0.15, -0.1) is 0 Å². The number of carbonyl (C=O) groups is 2. The average Bonchev–Trinajstić information content (AvgIpc) is 2.14. The molecule has 0 unspecified atom stereocenters. The second-order valence-corrected chi connectivity index (χ2v) is 5.25. The fourth-order valence-electron chi connectivity index (χ4n) is 1.99. The summed E-state index contributed by atoms with van der Waals surface area (Å²) in [6.07, 6.45) is 1.27. The molecule has 0 amide bonds. The van der Waals surface area contributed by atoms with E-state index in [1.807, 2.05) is 34.6 Å². The zero-order valence-electron chi connectivity index (χ0n) is 12.2. The highest BCUT2D eigenvalue weighted by Crippen LogP contribution is 2.30. The molecule has 1 saturated carbocycles. The first-order chi connectivity index (χ1) is 8.30. The van der Waals surface area contributed by atoms with Crippen LogP contribution in [-0.2, 0) is 19.1 Å². The van der Waals surface area contributed by atoms with Crippen LogP contribution in [0.2, 0.25) is 0 Å². The fourth-order valence-corrected chi connectivity index (χ4v) is 1.99. The molecule has 1 fully saturated rings. The van der Waals surface area contributed by atoms with Crippen molar-refractivity contribution in [3.8, 4) is 0 Å². The molecule has 0 N–H and O–H groups in total. The first kappa shape index (κ1) is 17.3. The van der Waals surface area contributed by atoms with Gasteiger partial charge in [0.2, 0.25) is 0 Å². The number of ketones is 2. The molecule has 0 aromatic heterocycles. The maximum absolute atomic E-state index is 10.9. The molecular formula is C14H26O4. The summed E-state index contributed by atoms with van der Waals surface area (Å²) in [6, 6.07) is 0. The van der Waals surface area contributed by atoms with Crippen LogP contribution in [-0.4, -0.2) is 31.1 Å². The summed E-state index contributed by atoms with van der Waals surface area (Å²) in [5, 5.41) is 0. The number of Topliss-reactive ketones (excluding diaryl/α,β-unsaturated/α-hetero) is 2. The predicted molar refractivity (Wildman–Crippen MR) is 70.4 cm³/mol. The molecule has 4 heteroatoms. The lowest BCUT2D eigenvalue weighted by atomic mass is 9.76.